The van der Waals surface area contributed by atoms with Crippen LogP contribution in [0.1, 0.15) is 25.7 Å². The molecule has 1 fully saturated rings. The van der Waals surface area contributed by atoms with Gasteiger partial charge in [-0.05, 0) is 19.4 Å². The predicted octanol–water partition coefficient (Wildman–Crippen LogP) is -3.46. The highest BCUT2D eigenvalue weighted by molar-refractivity contribution is 5.96. The number of primary amides is 2. The summed E-state index contributed by atoms with van der Waals surface area (Å²) >= 11 is 0. The number of nitrogens with two attached hydrogens (primary N) is 2. The summed E-state index contributed by atoms with van der Waals surface area (Å²) in [7, 11) is 0. The van der Waals surface area contributed by atoms with Gasteiger partial charge >= 0.3 is 5.97 Å². The van der Waals surface area contributed by atoms with Gasteiger partial charge in [0, 0.05) is 0 Å². The lowest BCUT2D eigenvalue weighted by atomic mass is 10.1. The van der Waals surface area contributed by atoms with Crippen LogP contribution in [0.15, 0.2) is 0 Å². The van der Waals surface area contributed by atoms with Crippen molar-refractivity contribution in [2.75, 3.05) is 6.54 Å². The normalized spacial score (nSPS) is 19.1. The molecule has 0 bridgehead atoms. The molecule has 3 unspecified atom stereocenters. The van der Waals surface area contributed by atoms with Crippen LogP contribution in [0.25, 0.3) is 0 Å². The number of hydrogen-bond donors (Lipinski definition) is 6. The summed E-state index contributed by atoms with van der Waals surface area (Å²) < 4.78 is 0. The Balaban J connectivity index is 2.75. The first-order chi connectivity index (χ1) is 11.2. The molecule has 0 saturated carbocycles. The van der Waals surface area contributed by atoms with Gasteiger partial charge in [0.1, 0.15) is 12.1 Å². The van der Waals surface area contributed by atoms with Crippen LogP contribution in [0.5, 0.6) is 0 Å². The Hall–Kier alpha value is -2.69. The van der Waals surface area contributed by atoms with Crippen molar-refractivity contribution in [3.8, 4) is 0 Å². The number of carboxylic acid groups (broad SMARTS) is 1. The number of rotatable bonds is 9. The average molecular weight is 343 g/mol. The Morgan fingerprint density at radius 2 is 1.75 bits per heavy atom. The molecule has 134 valence electrons. The molecular formula is C13H21N5O6. The van der Waals surface area contributed by atoms with Crippen LogP contribution in [-0.2, 0) is 24.0 Å². The monoisotopic (exact) mass is 343 g/mol. The van der Waals surface area contributed by atoms with Gasteiger partial charge in [-0.2, -0.15) is 0 Å². The minimum Gasteiger partial charge on any atom is -0.481 e. The van der Waals surface area contributed by atoms with Crippen molar-refractivity contribution >= 4 is 29.6 Å². The van der Waals surface area contributed by atoms with Crippen molar-refractivity contribution < 1.29 is 29.1 Å². The summed E-state index contributed by atoms with van der Waals surface area (Å²) in [6, 6.07) is -3.28. The summed E-state index contributed by atoms with van der Waals surface area (Å²) in [6.07, 6.45) is 0.165. The van der Waals surface area contributed by atoms with E-state index in [4.69, 9.17) is 16.6 Å². The van der Waals surface area contributed by atoms with E-state index in [2.05, 4.69) is 16.0 Å². The second kappa shape index (κ2) is 8.82. The molecule has 3 atom stereocenters. The molecule has 8 N–H and O–H groups in total. The Labute approximate surface area is 137 Å². The zero-order valence-electron chi connectivity index (χ0n) is 12.9. The number of carbonyl (C=O) groups excluding carboxylic acids is 4. The van der Waals surface area contributed by atoms with Gasteiger partial charge in [-0.3, -0.25) is 24.0 Å². The highest BCUT2D eigenvalue weighted by Crippen LogP contribution is 2.06. The molecular weight excluding hydrogens is 322 g/mol. The van der Waals surface area contributed by atoms with Crippen LogP contribution < -0.4 is 27.4 Å². The second-order valence-electron chi connectivity index (χ2n) is 5.44. The van der Waals surface area contributed by atoms with Crippen LogP contribution >= 0.6 is 0 Å². The van der Waals surface area contributed by atoms with E-state index >= 15 is 0 Å². The topological polar surface area (TPSA) is 194 Å². The van der Waals surface area contributed by atoms with Gasteiger partial charge in [-0.25, -0.2) is 0 Å². The third-order valence-corrected chi connectivity index (χ3v) is 3.45. The van der Waals surface area contributed by atoms with Crippen molar-refractivity contribution in [1.29, 1.82) is 0 Å². The molecule has 11 heteroatoms. The SMILES string of the molecule is NC(=O)CC(NC(=O)C1CCCN1)C(=O)NC(CC(=O)O)C(N)=O. The van der Waals surface area contributed by atoms with Gasteiger partial charge in [0.05, 0.1) is 18.9 Å². The highest BCUT2D eigenvalue weighted by atomic mass is 16.4. The Morgan fingerprint density at radius 3 is 2.21 bits per heavy atom. The summed E-state index contributed by atoms with van der Waals surface area (Å²) in [6.45, 7) is 0.660. The van der Waals surface area contributed by atoms with Gasteiger partial charge in [-0.1, -0.05) is 0 Å². The quantitative estimate of drug-likeness (QED) is 0.250. The van der Waals surface area contributed by atoms with E-state index in [-0.39, 0.29) is 0 Å². The highest BCUT2D eigenvalue weighted by Gasteiger charge is 2.31. The van der Waals surface area contributed by atoms with Gasteiger partial charge in [0.25, 0.3) is 0 Å². The lowest BCUT2D eigenvalue weighted by molar-refractivity contribution is -0.140. The number of carboxylic acids is 1. The van der Waals surface area contributed by atoms with Crippen molar-refractivity contribution in [3.05, 3.63) is 0 Å². The first-order valence-corrected chi connectivity index (χ1v) is 7.34. The fourth-order valence-corrected chi connectivity index (χ4v) is 2.26. The number of hydrogen-bond acceptors (Lipinski definition) is 6. The molecule has 1 rings (SSSR count). The Bertz CT molecular complexity index is 531. The smallest absolute Gasteiger partial charge is 0.305 e. The standard InChI is InChI=1S/C13H21N5O6/c14-9(19)4-8(18-12(23)6-2-1-3-16-6)13(24)17-7(11(15)22)5-10(20)21/h6-8,16H,1-5H2,(H2,14,19)(H2,15,22)(H,17,24)(H,18,23)(H,20,21). The van der Waals surface area contributed by atoms with E-state index < -0.39 is 60.6 Å². The molecule has 0 radical (unpaired) electrons. The fourth-order valence-electron chi connectivity index (χ4n) is 2.26. The molecule has 0 aromatic carbocycles. The molecule has 1 aliphatic heterocycles. The molecule has 0 aliphatic carbocycles. The number of nitrogens with one attached hydrogen (secondary N) is 3. The first kappa shape index (κ1) is 19.4. The zero-order chi connectivity index (χ0) is 18.3. The van der Waals surface area contributed by atoms with E-state index in [1.807, 2.05) is 0 Å². The Morgan fingerprint density at radius 1 is 1.08 bits per heavy atom. The van der Waals surface area contributed by atoms with Gasteiger partial charge in [-0.15, -0.1) is 0 Å². The van der Waals surface area contributed by atoms with E-state index in [9.17, 15) is 24.0 Å². The summed E-state index contributed by atoms with van der Waals surface area (Å²) in [5.41, 5.74) is 10.1. The van der Waals surface area contributed by atoms with Crippen LogP contribution in [0.3, 0.4) is 0 Å². The van der Waals surface area contributed by atoms with Crippen LogP contribution in [0.4, 0.5) is 0 Å². The largest absolute Gasteiger partial charge is 0.481 e. The maximum Gasteiger partial charge on any atom is 0.305 e. The molecule has 0 aromatic rings. The lowest BCUT2D eigenvalue weighted by Gasteiger charge is -2.21. The summed E-state index contributed by atoms with van der Waals surface area (Å²) in [5, 5.41) is 16.1. The van der Waals surface area contributed by atoms with E-state index in [0.717, 1.165) is 6.42 Å². The first-order valence-electron chi connectivity index (χ1n) is 7.34. The number of carbonyl (C=O) groups is 5. The van der Waals surface area contributed by atoms with Gasteiger partial charge in [0.15, 0.2) is 0 Å². The lowest BCUT2D eigenvalue weighted by Crippen LogP contribution is -2.56. The van der Waals surface area contributed by atoms with Crippen LogP contribution in [0, 0.1) is 0 Å². The minimum absolute atomic E-state index is 0.484. The zero-order valence-corrected chi connectivity index (χ0v) is 12.9. The second-order valence-corrected chi connectivity index (χ2v) is 5.44. The molecule has 4 amide bonds. The summed E-state index contributed by atoms with van der Waals surface area (Å²) in [5.74, 6) is -4.63. The molecule has 24 heavy (non-hydrogen) atoms. The Kier molecular flexibility index (Phi) is 7.11. The van der Waals surface area contributed by atoms with Crippen molar-refractivity contribution in [2.45, 2.75) is 43.8 Å². The molecule has 1 heterocycles. The molecule has 1 saturated heterocycles. The maximum absolute atomic E-state index is 12.2. The van der Waals surface area contributed by atoms with E-state index in [1.165, 1.54) is 0 Å². The third kappa shape index (κ3) is 6.20. The van der Waals surface area contributed by atoms with E-state index in [0.29, 0.717) is 13.0 Å². The molecule has 1 aliphatic rings. The minimum atomic E-state index is -1.47. The van der Waals surface area contributed by atoms with E-state index in [1.54, 1.807) is 0 Å². The van der Waals surface area contributed by atoms with Gasteiger partial charge in [0.2, 0.25) is 23.6 Å². The van der Waals surface area contributed by atoms with Crippen LogP contribution in [-0.4, -0.2) is 59.4 Å². The number of amides is 4. The van der Waals surface area contributed by atoms with Crippen LogP contribution in [0.2, 0.25) is 0 Å². The maximum atomic E-state index is 12.2. The molecule has 0 spiro atoms. The predicted molar refractivity (Wildman–Crippen MR) is 80.1 cm³/mol. The molecule has 11 nitrogen and oxygen atoms in total. The third-order valence-electron chi connectivity index (χ3n) is 3.45. The van der Waals surface area contributed by atoms with Crippen molar-refractivity contribution in [2.24, 2.45) is 11.5 Å². The van der Waals surface area contributed by atoms with Crippen molar-refractivity contribution in [3.63, 3.8) is 0 Å². The molecule has 0 aromatic heterocycles. The number of aliphatic carboxylic acids is 1. The van der Waals surface area contributed by atoms with Crippen molar-refractivity contribution in [1.82, 2.24) is 16.0 Å². The fraction of sp³-hybridized carbons (Fsp3) is 0.615. The summed E-state index contributed by atoms with van der Waals surface area (Å²) in [4.78, 5) is 57.2. The van der Waals surface area contributed by atoms with Gasteiger partial charge < -0.3 is 32.5 Å². The average Bonchev–Trinajstić information content (AvgIpc) is 2.98.